The molecule has 1 aromatic heterocycles. The summed E-state index contributed by atoms with van der Waals surface area (Å²) in [5, 5.41) is 12.3. The van der Waals surface area contributed by atoms with Crippen molar-refractivity contribution in [2.24, 2.45) is 0 Å². The zero-order valence-electron chi connectivity index (χ0n) is 9.76. The van der Waals surface area contributed by atoms with Crippen LogP contribution in [0, 0.1) is 6.92 Å². The minimum Gasteiger partial charge on any atom is -0.475 e. The van der Waals surface area contributed by atoms with Crippen molar-refractivity contribution in [2.75, 3.05) is 0 Å². The van der Waals surface area contributed by atoms with Crippen LogP contribution in [0.15, 0.2) is 28.8 Å². The number of aromatic nitrogens is 1. The summed E-state index contributed by atoms with van der Waals surface area (Å²) >= 11 is 0. The molecule has 0 radical (unpaired) electrons. The van der Waals surface area contributed by atoms with Gasteiger partial charge in [-0.3, -0.25) is 0 Å². The van der Waals surface area contributed by atoms with Gasteiger partial charge in [0.2, 0.25) is 5.76 Å². The number of nitrogens with zero attached hydrogens (tertiary/aromatic N) is 1. The number of hydrogen-bond acceptors (Lipinski definition) is 4. The first-order chi connectivity index (χ1) is 8.97. The van der Waals surface area contributed by atoms with Gasteiger partial charge in [-0.05, 0) is 18.6 Å². The van der Waals surface area contributed by atoms with Gasteiger partial charge in [-0.25, -0.2) is 4.79 Å². The molecule has 0 saturated carbocycles. The number of carboxylic acid groups (broad SMARTS) is 1. The van der Waals surface area contributed by atoms with Crippen molar-refractivity contribution in [3.8, 4) is 17.0 Å². The van der Waals surface area contributed by atoms with Crippen LogP contribution in [-0.2, 0) is 0 Å². The molecule has 1 N–H and O–H groups in total. The summed E-state index contributed by atoms with van der Waals surface area (Å²) in [5.74, 6) is -1.57. The Labute approximate surface area is 106 Å². The van der Waals surface area contributed by atoms with E-state index < -0.39 is 12.6 Å². The molecule has 0 unspecified atom stereocenters. The number of aryl methyl sites for hydroxylation is 1. The average Bonchev–Trinajstić information content (AvgIpc) is 2.81. The molecule has 0 spiro atoms. The molecule has 0 amide bonds. The van der Waals surface area contributed by atoms with Gasteiger partial charge in [0.25, 0.3) is 0 Å². The van der Waals surface area contributed by atoms with Gasteiger partial charge in [-0.2, -0.15) is 8.78 Å². The highest BCUT2D eigenvalue weighted by molar-refractivity contribution is 5.85. The Morgan fingerprint density at radius 1 is 1.42 bits per heavy atom. The van der Waals surface area contributed by atoms with Gasteiger partial charge in [0.1, 0.15) is 11.4 Å². The van der Waals surface area contributed by atoms with Gasteiger partial charge in [0, 0.05) is 11.6 Å². The summed E-state index contributed by atoms with van der Waals surface area (Å²) < 4.78 is 33.4. The zero-order valence-corrected chi connectivity index (χ0v) is 9.76. The molecule has 0 fully saturated rings. The molecule has 2 rings (SSSR count). The fraction of sp³-hybridized carbons (Fsp3) is 0.167. The summed E-state index contributed by atoms with van der Waals surface area (Å²) in [6.45, 7) is -1.31. The van der Waals surface area contributed by atoms with Crippen LogP contribution in [0.3, 0.4) is 0 Å². The van der Waals surface area contributed by atoms with Crippen LogP contribution >= 0.6 is 0 Å². The van der Waals surface area contributed by atoms with E-state index in [2.05, 4.69) is 14.4 Å². The predicted octanol–water partition coefficient (Wildman–Crippen LogP) is 2.95. The van der Waals surface area contributed by atoms with E-state index in [4.69, 9.17) is 5.11 Å². The summed E-state index contributed by atoms with van der Waals surface area (Å²) in [7, 11) is 0. The van der Waals surface area contributed by atoms with Crippen molar-refractivity contribution in [1.82, 2.24) is 5.16 Å². The normalized spacial score (nSPS) is 10.7. The van der Waals surface area contributed by atoms with Crippen molar-refractivity contribution in [3.63, 3.8) is 0 Å². The molecule has 2 aromatic rings. The molecular weight excluding hydrogens is 260 g/mol. The maximum Gasteiger partial charge on any atom is 0.387 e. The minimum atomic E-state index is -2.93. The molecule has 1 aromatic carbocycles. The Kier molecular flexibility index (Phi) is 3.46. The lowest BCUT2D eigenvalue weighted by Gasteiger charge is -2.08. The molecule has 5 nitrogen and oxygen atoms in total. The minimum absolute atomic E-state index is 0.00683. The largest absolute Gasteiger partial charge is 0.475 e. The van der Waals surface area contributed by atoms with E-state index in [1.54, 1.807) is 19.1 Å². The van der Waals surface area contributed by atoms with E-state index in [0.717, 1.165) is 0 Å². The lowest BCUT2D eigenvalue weighted by Crippen LogP contribution is -2.03. The fourth-order valence-electron chi connectivity index (χ4n) is 1.49. The number of aromatic carboxylic acids is 1. The highest BCUT2D eigenvalue weighted by Crippen LogP contribution is 2.27. The van der Waals surface area contributed by atoms with Gasteiger partial charge in [-0.15, -0.1) is 0 Å². The molecule has 0 aliphatic rings. The van der Waals surface area contributed by atoms with Crippen LogP contribution in [0.1, 0.15) is 16.1 Å². The lowest BCUT2D eigenvalue weighted by molar-refractivity contribution is -0.0502. The first-order valence-electron chi connectivity index (χ1n) is 5.23. The third-order valence-electron chi connectivity index (χ3n) is 2.42. The summed E-state index contributed by atoms with van der Waals surface area (Å²) in [6, 6.07) is 5.74. The van der Waals surface area contributed by atoms with Crippen LogP contribution in [-0.4, -0.2) is 22.8 Å². The van der Waals surface area contributed by atoms with E-state index in [1.807, 2.05) is 0 Å². The van der Waals surface area contributed by atoms with E-state index in [9.17, 15) is 13.6 Å². The van der Waals surface area contributed by atoms with Gasteiger partial charge >= 0.3 is 12.6 Å². The number of benzene rings is 1. The third kappa shape index (κ3) is 2.87. The van der Waals surface area contributed by atoms with Crippen LogP contribution in [0.5, 0.6) is 5.75 Å². The van der Waals surface area contributed by atoms with Crippen LogP contribution in [0.2, 0.25) is 0 Å². The SMILES string of the molecule is Cc1ccc(-c2cc(C(=O)O)on2)cc1OC(F)F. The van der Waals surface area contributed by atoms with Crippen LogP contribution < -0.4 is 4.74 Å². The van der Waals surface area contributed by atoms with Crippen molar-refractivity contribution >= 4 is 5.97 Å². The Balaban J connectivity index is 2.36. The van der Waals surface area contributed by atoms with E-state index in [0.29, 0.717) is 11.1 Å². The average molecular weight is 269 g/mol. The van der Waals surface area contributed by atoms with Crippen molar-refractivity contribution in [3.05, 3.63) is 35.6 Å². The lowest BCUT2D eigenvalue weighted by atomic mass is 10.1. The van der Waals surface area contributed by atoms with Gasteiger partial charge in [0.15, 0.2) is 0 Å². The van der Waals surface area contributed by atoms with Crippen LogP contribution in [0.4, 0.5) is 8.78 Å². The Morgan fingerprint density at radius 3 is 2.74 bits per heavy atom. The molecule has 0 saturated heterocycles. The fourth-order valence-corrected chi connectivity index (χ4v) is 1.49. The smallest absolute Gasteiger partial charge is 0.387 e. The van der Waals surface area contributed by atoms with Gasteiger partial charge in [0.05, 0.1) is 0 Å². The molecule has 100 valence electrons. The quantitative estimate of drug-likeness (QED) is 0.923. The summed E-state index contributed by atoms with van der Waals surface area (Å²) in [6.07, 6.45) is 0. The van der Waals surface area contributed by atoms with Crippen LogP contribution in [0.25, 0.3) is 11.3 Å². The second-order valence-corrected chi connectivity index (χ2v) is 3.74. The topological polar surface area (TPSA) is 72.6 Å². The summed E-state index contributed by atoms with van der Waals surface area (Å²) in [5.41, 5.74) is 1.19. The second-order valence-electron chi connectivity index (χ2n) is 3.74. The molecule has 7 heteroatoms. The van der Waals surface area contributed by atoms with E-state index in [1.165, 1.54) is 12.1 Å². The molecular formula is C12H9F2NO4. The monoisotopic (exact) mass is 269 g/mol. The number of rotatable bonds is 4. The van der Waals surface area contributed by atoms with Gasteiger partial charge in [-0.1, -0.05) is 17.3 Å². The molecule has 0 bridgehead atoms. The third-order valence-corrected chi connectivity index (χ3v) is 2.42. The Morgan fingerprint density at radius 2 is 2.16 bits per heavy atom. The number of hydrogen-bond donors (Lipinski definition) is 1. The van der Waals surface area contributed by atoms with Crippen molar-refractivity contribution in [1.29, 1.82) is 0 Å². The standard InChI is InChI=1S/C12H9F2NO4/c1-6-2-3-7(4-9(6)18-12(13)14)8-5-10(11(16)17)19-15-8/h2-5,12H,1H3,(H,16,17). The second kappa shape index (κ2) is 5.05. The molecule has 19 heavy (non-hydrogen) atoms. The molecule has 0 aliphatic heterocycles. The maximum absolute atomic E-state index is 12.2. The van der Waals surface area contributed by atoms with E-state index >= 15 is 0 Å². The molecule has 0 aliphatic carbocycles. The Hall–Kier alpha value is -2.44. The van der Waals surface area contributed by atoms with E-state index in [-0.39, 0.29) is 17.2 Å². The number of carbonyl (C=O) groups is 1. The molecule has 1 heterocycles. The number of ether oxygens (including phenoxy) is 1. The first kappa shape index (κ1) is 13.0. The predicted molar refractivity (Wildman–Crippen MR) is 60.3 cm³/mol. The Bertz CT molecular complexity index is 610. The van der Waals surface area contributed by atoms with Crippen molar-refractivity contribution in [2.45, 2.75) is 13.5 Å². The highest BCUT2D eigenvalue weighted by Gasteiger charge is 2.14. The van der Waals surface area contributed by atoms with Crippen molar-refractivity contribution < 1.29 is 27.9 Å². The first-order valence-corrected chi connectivity index (χ1v) is 5.23. The highest BCUT2D eigenvalue weighted by atomic mass is 19.3. The zero-order chi connectivity index (χ0) is 14.0. The van der Waals surface area contributed by atoms with Gasteiger partial charge < -0.3 is 14.4 Å². The number of halogens is 2. The number of alkyl halides is 2. The number of carboxylic acids is 1. The summed E-state index contributed by atoms with van der Waals surface area (Å²) in [4.78, 5) is 10.7. The molecule has 0 atom stereocenters. The maximum atomic E-state index is 12.2.